The maximum Gasteiger partial charge on any atom is 0.325 e. The van der Waals surface area contributed by atoms with Crippen LogP contribution in [0.3, 0.4) is 0 Å². The molecule has 0 spiro atoms. The molecule has 0 radical (unpaired) electrons. The van der Waals surface area contributed by atoms with Gasteiger partial charge in [-0.2, -0.15) is 0 Å². The summed E-state index contributed by atoms with van der Waals surface area (Å²) in [6, 6.07) is 14.3. The predicted octanol–water partition coefficient (Wildman–Crippen LogP) is 3.65. The first-order valence-electron chi connectivity index (χ1n) is 9.64. The zero-order valence-corrected chi connectivity index (χ0v) is 19.2. The highest BCUT2D eigenvalue weighted by Crippen LogP contribution is 2.28. The van der Waals surface area contributed by atoms with Gasteiger partial charge in [-0.05, 0) is 36.2 Å². The van der Waals surface area contributed by atoms with Gasteiger partial charge in [-0.3, -0.25) is 10.1 Å². The lowest BCUT2D eigenvalue weighted by Gasteiger charge is -2.10. The number of hydrogen-bond acceptors (Lipinski definition) is 8. The van der Waals surface area contributed by atoms with Gasteiger partial charge in [0.2, 0.25) is 11.0 Å². The van der Waals surface area contributed by atoms with Crippen LogP contribution in [-0.2, 0) is 11.2 Å². The molecular formula is C21H23N5O4S2. The maximum absolute atomic E-state index is 12.1. The lowest BCUT2D eigenvalue weighted by atomic mass is 10.1. The van der Waals surface area contributed by atoms with Crippen LogP contribution < -0.4 is 25.4 Å². The quantitative estimate of drug-likeness (QED) is 0.304. The molecule has 3 aromatic rings. The van der Waals surface area contributed by atoms with Crippen molar-refractivity contribution in [3.63, 3.8) is 0 Å². The zero-order chi connectivity index (χ0) is 22.8. The number of rotatable bonds is 10. The Morgan fingerprint density at radius 2 is 1.78 bits per heavy atom. The molecule has 2 aromatic carbocycles. The summed E-state index contributed by atoms with van der Waals surface area (Å²) < 4.78 is 11.1. The number of hydrogen-bond donors (Lipinski definition) is 3. The minimum atomic E-state index is -0.406. The molecule has 3 rings (SSSR count). The minimum Gasteiger partial charge on any atom is -0.493 e. The molecule has 0 unspecified atom stereocenters. The van der Waals surface area contributed by atoms with E-state index in [9.17, 15) is 9.59 Å². The molecule has 0 atom stereocenters. The normalized spacial score (nSPS) is 10.3. The average molecular weight is 474 g/mol. The van der Waals surface area contributed by atoms with Crippen LogP contribution in [0.4, 0.5) is 15.6 Å². The fourth-order valence-electron chi connectivity index (χ4n) is 2.66. The van der Waals surface area contributed by atoms with Gasteiger partial charge in [0, 0.05) is 12.2 Å². The van der Waals surface area contributed by atoms with Crippen molar-refractivity contribution in [1.82, 2.24) is 15.5 Å². The first kappa shape index (κ1) is 23.4. The first-order chi connectivity index (χ1) is 15.6. The van der Waals surface area contributed by atoms with E-state index in [0.717, 1.165) is 5.56 Å². The number of carbonyl (C=O) groups excluding carboxylic acids is 2. The van der Waals surface area contributed by atoms with E-state index in [0.29, 0.717) is 39.6 Å². The molecule has 0 aliphatic heterocycles. The van der Waals surface area contributed by atoms with Gasteiger partial charge in [0.05, 0.1) is 20.0 Å². The summed E-state index contributed by atoms with van der Waals surface area (Å²) in [6.45, 7) is 0.497. The number of anilines is 2. The molecule has 9 nitrogen and oxygen atoms in total. The Morgan fingerprint density at radius 3 is 2.53 bits per heavy atom. The van der Waals surface area contributed by atoms with Crippen LogP contribution in [0.15, 0.2) is 52.9 Å². The van der Waals surface area contributed by atoms with Crippen molar-refractivity contribution < 1.29 is 19.1 Å². The van der Waals surface area contributed by atoms with Crippen LogP contribution in [0.5, 0.6) is 11.5 Å². The molecule has 3 amide bonds. The van der Waals surface area contributed by atoms with Crippen LogP contribution in [0.25, 0.3) is 0 Å². The Labute approximate surface area is 193 Å². The van der Waals surface area contributed by atoms with Gasteiger partial charge < -0.3 is 20.1 Å². The second kappa shape index (κ2) is 11.9. The molecule has 32 heavy (non-hydrogen) atoms. The summed E-state index contributed by atoms with van der Waals surface area (Å²) in [5.74, 6) is 1.42. The van der Waals surface area contributed by atoms with E-state index < -0.39 is 6.03 Å². The molecule has 0 saturated carbocycles. The SMILES string of the molecule is COc1ccc(CCNC(=O)CSc2nnc(NC(=O)Nc3ccccc3)s2)cc1OC. The summed E-state index contributed by atoms with van der Waals surface area (Å²) in [5.41, 5.74) is 1.71. The molecule has 1 aromatic heterocycles. The van der Waals surface area contributed by atoms with Crippen molar-refractivity contribution in [3.8, 4) is 11.5 Å². The van der Waals surface area contributed by atoms with Crippen LogP contribution in [0.1, 0.15) is 5.56 Å². The average Bonchev–Trinajstić information content (AvgIpc) is 3.25. The topological polar surface area (TPSA) is 114 Å². The summed E-state index contributed by atoms with van der Waals surface area (Å²) >= 11 is 2.47. The second-order valence-corrected chi connectivity index (χ2v) is 8.60. The monoisotopic (exact) mass is 473 g/mol. The molecule has 0 bridgehead atoms. The number of para-hydroxylation sites is 1. The van der Waals surface area contributed by atoms with Gasteiger partial charge in [0.15, 0.2) is 15.8 Å². The van der Waals surface area contributed by atoms with E-state index in [1.165, 1.54) is 23.1 Å². The van der Waals surface area contributed by atoms with E-state index in [-0.39, 0.29) is 11.7 Å². The highest BCUT2D eigenvalue weighted by atomic mass is 32.2. The first-order valence-corrected chi connectivity index (χ1v) is 11.4. The Kier molecular flexibility index (Phi) is 8.70. The van der Waals surface area contributed by atoms with Crippen LogP contribution in [-0.4, -0.2) is 48.7 Å². The molecule has 3 N–H and O–H groups in total. The lowest BCUT2D eigenvalue weighted by molar-refractivity contribution is -0.118. The highest BCUT2D eigenvalue weighted by Gasteiger charge is 2.11. The summed E-state index contributed by atoms with van der Waals surface area (Å²) in [7, 11) is 3.18. The number of urea groups is 1. The van der Waals surface area contributed by atoms with Crippen LogP contribution in [0.2, 0.25) is 0 Å². The third-order valence-electron chi connectivity index (χ3n) is 4.17. The standard InChI is InChI=1S/C21H23N5O4S2/c1-29-16-9-8-14(12-17(16)30-2)10-11-22-18(27)13-31-21-26-25-20(32-21)24-19(28)23-15-6-4-3-5-7-15/h3-9,12H,10-11,13H2,1-2H3,(H,22,27)(H2,23,24,25,28). The summed E-state index contributed by atoms with van der Waals surface area (Å²) in [6.07, 6.45) is 0.667. The van der Waals surface area contributed by atoms with Crippen molar-refractivity contribution in [2.45, 2.75) is 10.8 Å². The summed E-state index contributed by atoms with van der Waals surface area (Å²) in [4.78, 5) is 24.1. The van der Waals surface area contributed by atoms with Crippen molar-refractivity contribution in [3.05, 3.63) is 54.1 Å². The summed E-state index contributed by atoms with van der Waals surface area (Å²) in [5, 5.41) is 16.5. The number of benzene rings is 2. The Bertz CT molecular complexity index is 1050. The van der Waals surface area contributed by atoms with Gasteiger partial charge in [0.25, 0.3) is 0 Å². The zero-order valence-electron chi connectivity index (χ0n) is 17.6. The van der Waals surface area contributed by atoms with Gasteiger partial charge in [-0.15, -0.1) is 10.2 Å². The van der Waals surface area contributed by atoms with E-state index in [4.69, 9.17) is 9.47 Å². The van der Waals surface area contributed by atoms with Crippen molar-refractivity contribution >= 4 is 45.9 Å². The van der Waals surface area contributed by atoms with Crippen LogP contribution in [0, 0.1) is 0 Å². The number of ether oxygens (including phenoxy) is 2. The van der Waals surface area contributed by atoms with E-state index in [1.807, 2.05) is 36.4 Å². The fraction of sp³-hybridized carbons (Fsp3) is 0.238. The fourth-order valence-corrected chi connectivity index (χ4v) is 4.24. The van der Waals surface area contributed by atoms with Gasteiger partial charge >= 0.3 is 6.03 Å². The Balaban J connectivity index is 1.38. The Hall–Kier alpha value is -3.31. The van der Waals surface area contributed by atoms with Gasteiger partial charge in [-0.25, -0.2) is 4.79 Å². The molecule has 168 valence electrons. The third-order valence-corrected chi connectivity index (χ3v) is 6.14. The molecule has 11 heteroatoms. The van der Waals surface area contributed by atoms with Gasteiger partial charge in [0.1, 0.15) is 0 Å². The number of aromatic nitrogens is 2. The molecule has 0 aliphatic rings. The highest BCUT2D eigenvalue weighted by molar-refractivity contribution is 8.01. The van der Waals surface area contributed by atoms with E-state index in [1.54, 1.807) is 26.4 Å². The molecule has 1 heterocycles. The molecular weight excluding hydrogens is 450 g/mol. The predicted molar refractivity (Wildman–Crippen MR) is 126 cm³/mol. The number of nitrogens with zero attached hydrogens (tertiary/aromatic N) is 2. The maximum atomic E-state index is 12.1. The van der Waals surface area contributed by atoms with Crippen molar-refractivity contribution in [2.24, 2.45) is 0 Å². The third kappa shape index (κ3) is 7.13. The number of methoxy groups -OCH3 is 2. The number of amides is 3. The lowest BCUT2D eigenvalue weighted by Crippen LogP contribution is -2.27. The minimum absolute atomic E-state index is 0.109. The second-order valence-electron chi connectivity index (χ2n) is 6.40. The molecule has 0 aliphatic carbocycles. The number of thioether (sulfide) groups is 1. The number of carbonyl (C=O) groups is 2. The van der Waals surface area contributed by atoms with Crippen LogP contribution >= 0.6 is 23.1 Å². The van der Waals surface area contributed by atoms with Crippen molar-refractivity contribution in [1.29, 1.82) is 0 Å². The van der Waals surface area contributed by atoms with E-state index >= 15 is 0 Å². The Morgan fingerprint density at radius 1 is 1.00 bits per heavy atom. The number of nitrogens with one attached hydrogen (secondary N) is 3. The largest absolute Gasteiger partial charge is 0.493 e. The smallest absolute Gasteiger partial charge is 0.325 e. The van der Waals surface area contributed by atoms with E-state index in [2.05, 4.69) is 26.1 Å². The van der Waals surface area contributed by atoms with Crippen molar-refractivity contribution in [2.75, 3.05) is 37.2 Å². The molecule has 0 saturated heterocycles. The van der Waals surface area contributed by atoms with Gasteiger partial charge in [-0.1, -0.05) is 47.4 Å². The molecule has 0 fully saturated rings.